The topological polar surface area (TPSA) is 49.8 Å². The molecule has 4 nitrogen and oxygen atoms in total. The van der Waals surface area contributed by atoms with Gasteiger partial charge in [0.15, 0.2) is 0 Å². The molecule has 0 spiro atoms. The highest BCUT2D eigenvalue weighted by Gasteiger charge is 2.22. The van der Waals surface area contributed by atoms with Crippen molar-refractivity contribution in [3.63, 3.8) is 0 Å². The molecule has 2 N–H and O–H groups in total. The molecule has 4 heteroatoms. The molecule has 0 aliphatic heterocycles. The van der Waals surface area contributed by atoms with Gasteiger partial charge >= 0.3 is 0 Å². The van der Waals surface area contributed by atoms with E-state index in [0.717, 1.165) is 11.4 Å². The van der Waals surface area contributed by atoms with E-state index in [9.17, 15) is 0 Å². The zero-order valence-electron chi connectivity index (χ0n) is 7.96. The van der Waals surface area contributed by atoms with Crippen molar-refractivity contribution in [1.82, 2.24) is 9.97 Å². The molecule has 0 bridgehead atoms. The molecule has 2 rings (SSSR count). The lowest BCUT2D eigenvalue weighted by molar-refractivity contribution is 1.06. The first-order valence-electron chi connectivity index (χ1n) is 4.57. The summed E-state index contributed by atoms with van der Waals surface area (Å²) in [7, 11) is 1.82. The van der Waals surface area contributed by atoms with E-state index in [0.29, 0.717) is 12.0 Å². The maximum Gasteiger partial charge on any atom is 0.224 e. The minimum Gasteiger partial charge on any atom is -0.367 e. The number of hydrogen-bond acceptors (Lipinski definition) is 4. The fourth-order valence-electron chi connectivity index (χ4n) is 1.13. The molecule has 0 atom stereocenters. The van der Waals surface area contributed by atoms with Crippen LogP contribution in [0, 0.1) is 6.92 Å². The molecule has 70 valence electrons. The van der Waals surface area contributed by atoms with Crippen LogP contribution in [-0.4, -0.2) is 23.1 Å². The van der Waals surface area contributed by atoms with Crippen molar-refractivity contribution in [3.8, 4) is 0 Å². The van der Waals surface area contributed by atoms with E-state index < -0.39 is 0 Å². The van der Waals surface area contributed by atoms with Crippen molar-refractivity contribution in [3.05, 3.63) is 11.8 Å². The second-order valence-corrected chi connectivity index (χ2v) is 3.39. The highest BCUT2D eigenvalue weighted by atomic mass is 15.1. The molecule has 0 saturated heterocycles. The lowest BCUT2D eigenvalue weighted by atomic mass is 10.3. The summed E-state index contributed by atoms with van der Waals surface area (Å²) in [5, 5.41) is 6.29. The van der Waals surface area contributed by atoms with Gasteiger partial charge in [0.1, 0.15) is 5.82 Å². The molecule has 0 amide bonds. The van der Waals surface area contributed by atoms with Crippen LogP contribution in [0.5, 0.6) is 0 Å². The van der Waals surface area contributed by atoms with Crippen molar-refractivity contribution < 1.29 is 0 Å². The normalized spacial score (nSPS) is 15.5. The van der Waals surface area contributed by atoms with Crippen LogP contribution in [-0.2, 0) is 0 Å². The highest BCUT2D eigenvalue weighted by molar-refractivity contribution is 5.47. The number of hydrogen-bond donors (Lipinski definition) is 2. The van der Waals surface area contributed by atoms with Gasteiger partial charge in [0.2, 0.25) is 5.95 Å². The Morgan fingerprint density at radius 3 is 2.85 bits per heavy atom. The average molecular weight is 178 g/mol. The van der Waals surface area contributed by atoms with E-state index in [2.05, 4.69) is 20.6 Å². The maximum atomic E-state index is 4.34. The van der Waals surface area contributed by atoms with E-state index in [1.807, 2.05) is 20.2 Å². The Kier molecular flexibility index (Phi) is 2.04. The predicted octanol–water partition coefficient (Wildman–Crippen LogP) is 1.40. The van der Waals surface area contributed by atoms with Gasteiger partial charge in [-0.2, -0.15) is 4.98 Å². The van der Waals surface area contributed by atoms with E-state index in [1.165, 1.54) is 12.8 Å². The van der Waals surface area contributed by atoms with Gasteiger partial charge in [-0.15, -0.1) is 0 Å². The average Bonchev–Trinajstić information content (AvgIpc) is 2.93. The lowest BCUT2D eigenvalue weighted by Crippen LogP contribution is -2.07. The van der Waals surface area contributed by atoms with Crippen molar-refractivity contribution in [1.29, 1.82) is 0 Å². The molecule has 1 aliphatic carbocycles. The minimum absolute atomic E-state index is 0.637. The molecule has 1 saturated carbocycles. The third kappa shape index (κ3) is 1.88. The summed E-state index contributed by atoms with van der Waals surface area (Å²) in [4.78, 5) is 8.46. The molecule has 0 radical (unpaired) electrons. The van der Waals surface area contributed by atoms with Crippen molar-refractivity contribution in [2.45, 2.75) is 25.8 Å². The van der Waals surface area contributed by atoms with Gasteiger partial charge in [-0.25, -0.2) is 4.98 Å². The molecule has 1 heterocycles. The summed E-state index contributed by atoms with van der Waals surface area (Å²) >= 11 is 0. The summed E-state index contributed by atoms with van der Waals surface area (Å²) in [5.41, 5.74) is 1.10. The molecule has 1 fully saturated rings. The second kappa shape index (κ2) is 3.20. The quantitative estimate of drug-likeness (QED) is 0.734. The van der Waals surface area contributed by atoms with Gasteiger partial charge < -0.3 is 10.6 Å². The van der Waals surface area contributed by atoms with E-state index in [4.69, 9.17) is 0 Å². The maximum absolute atomic E-state index is 4.34. The van der Waals surface area contributed by atoms with Crippen LogP contribution < -0.4 is 10.6 Å². The molecule has 0 unspecified atom stereocenters. The van der Waals surface area contributed by atoms with Crippen molar-refractivity contribution in [2.75, 3.05) is 17.7 Å². The third-order valence-electron chi connectivity index (χ3n) is 2.11. The van der Waals surface area contributed by atoms with Crippen LogP contribution in [0.1, 0.15) is 18.4 Å². The Hall–Kier alpha value is -1.32. The van der Waals surface area contributed by atoms with E-state index in [1.54, 1.807) is 0 Å². The van der Waals surface area contributed by atoms with Gasteiger partial charge in [-0.1, -0.05) is 0 Å². The number of aryl methyl sites for hydroxylation is 1. The summed E-state index contributed by atoms with van der Waals surface area (Å²) in [6, 6.07) is 0.637. The Morgan fingerprint density at radius 1 is 1.46 bits per heavy atom. The van der Waals surface area contributed by atoms with Crippen LogP contribution in [0.3, 0.4) is 0 Å². The van der Waals surface area contributed by atoms with E-state index >= 15 is 0 Å². The molecule has 1 aromatic rings. The number of rotatable bonds is 3. The standard InChI is InChI=1S/C9H14N4/c1-6-5-11-9(10-2)13-8(6)12-7-3-4-7/h5,7H,3-4H2,1-2H3,(H2,10,11,12,13). The van der Waals surface area contributed by atoms with Crippen molar-refractivity contribution >= 4 is 11.8 Å². The summed E-state index contributed by atoms with van der Waals surface area (Å²) in [5.74, 6) is 1.63. The largest absolute Gasteiger partial charge is 0.367 e. The van der Waals surface area contributed by atoms with Gasteiger partial charge in [-0.3, -0.25) is 0 Å². The zero-order chi connectivity index (χ0) is 9.26. The first kappa shape index (κ1) is 8.29. The van der Waals surface area contributed by atoms with Crippen LogP contribution >= 0.6 is 0 Å². The smallest absolute Gasteiger partial charge is 0.224 e. The number of nitrogens with zero attached hydrogens (tertiary/aromatic N) is 2. The first-order valence-corrected chi connectivity index (χ1v) is 4.57. The Bertz CT molecular complexity index is 306. The van der Waals surface area contributed by atoms with Crippen LogP contribution in [0.25, 0.3) is 0 Å². The van der Waals surface area contributed by atoms with Gasteiger partial charge in [0, 0.05) is 24.8 Å². The summed E-state index contributed by atoms with van der Waals surface area (Å²) in [6.07, 6.45) is 4.36. The second-order valence-electron chi connectivity index (χ2n) is 3.39. The van der Waals surface area contributed by atoms with Gasteiger partial charge in [-0.05, 0) is 19.8 Å². The molecular weight excluding hydrogens is 164 g/mol. The molecule has 13 heavy (non-hydrogen) atoms. The Labute approximate surface area is 77.8 Å². The van der Waals surface area contributed by atoms with Gasteiger partial charge in [0.25, 0.3) is 0 Å². The molecule has 0 aromatic carbocycles. The fourth-order valence-corrected chi connectivity index (χ4v) is 1.13. The Morgan fingerprint density at radius 2 is 2.23 bits per heavy atom. The monoisotopic (exact) mass is 178 g/mol. The highest BCUT2D eigenvalue weighted by Crippen LogP contribution is 2.25. The van der Waals surface area contributed by atoms with Crippen LogP contribution in [0.4, 0.5) is 11.8 Å². The molecule has 1 aromatic heterocycles. The molecule has 1 aliphatic rings. The first-order chi connectivity index (χ1) is 6.29. The van der Waals surface area contributed by atoms with E-state index in [-0.39, 0.29) is 0 Å². The summed E-state index contributed by atoms with van der Waals surface area (Å²) < 4.78 is 0. The third-order valence-corrected chi connectivity index (χ3v) is 2.11. The van der Waals surface area contributed by atoms with Crippen molar-refractivity contribution in [2.24, 2.45) is 0 Å². The minimum atomic E-state index is 0.637. The number of aromatic nitrogens is 2. The fraction of sp³-hybridized carbons (Fsp3) is 0.556. The van der Waals surface area contributed by atoms with Gasteiger partial charge in [0.05, 0.1) is 0 Å². The number of nitrogens with one attached hydrogen (secondary N) is 2. The summed E-state index contributed by atoms with van der Waals surface area (Å²) in [6.45, 7) is 2.02. The van der Waals surface area contributed by atoms with Crippen LogP contribution in [0.2, 0.25) is 0 Å². The Balaban J connectivity index is 2.19. The zero-order valence-corrected chi connectivity index (χ0v) is 7.96. The molecular formula is C9H14N4. The lowest BCUT2D eigenvalue weighted by Gasteiger charge is -2.07. The SMILES string of the molecule is CNc1ncc(C)c(NC2CC2)n1. The van der Waals surface area contributed by atoms with Crippen LogP contribution in [0.15, 0.2) is 6.20 Å². The predicted molar refractivity (Wildman–Crippen MR) is 53.0 cm³/mol. The number of anilines is 2.